The highest BCUT2D eigenvalue weighted by molar-refractivity contribution is 6.30. The fraction of sp³-hybridized carbons (Fsp3) is 0.312. The number of amides is 1. The second kappa shape index (κ2) is 6.52. The molecule has 2 rings (SSSR count). The van der Waals surface area contributed by atoms with E-state index < -0.39 is 23.1 Å². The van der Waals surface area contributed by atoms with Crippen molar-refractivity contribution >= 4 is 17.5 Å². The van der Waals surface area contributed by atoms with Gasteiger partial charge in [0.2, 0.25) is 0 Å². The van der Waals surface area contributed by atoms with Crippen molar-refractivity contribution in [3.63, 3.8) is 0 Å². The Bertz CT molecular complexity index is 763. The lowest BCUT2D eigenvalue weighted by atomic mass is 10.0. The summed E-state index contributed by atoms with van der Waals surface area (Å²) in [6.07, 6.45) is 0. The summed E-state index contributed by atoms with van der Waals surface area (Å²) < 4.78 is 0. The first-order chi connectivity index (χ1) is 10.7. The molecule has 0 aliphatic rings. The fourth-order valence-electron chi connectivity index (χ4n) is 1.79. The lowest BCUT2D eigenvalue weighted by molar-refractivity contribution is 0.0408. The molecule has 1 unspecified atom stereocenters. The Morgan fingerprint density at radius 1 is 1.35 bits per heavy atom. The summed E-state index contributed by atoms with van der Waals surface area (Å²) in [4.78, 5) is 24.1. The number of benzene rings is 1. The van der Waals surface area contributed by atoms with Gasteiger partial charge in [-0.25, -0.2) is 5.10 Å². The molecule has 0 fully saturated rings. The van der Waals surface area contributed by atoms with Crippen molar-refractivity contribution < 1.29 is 9.90 Å². The highest BCUT2D eigenvalue weighted by Crippen LogP contribution is 2.19. The molecular weight excluding hydrogens is 318 g/mol. The van der Waals surface area contributed by atoms with Crippen molar-refractivity contribution in [1.29, 1.82) is 0 Å². The summed E-state index contributed by atoms with van der Waals surface area (Å²) >= 11 is 5.84. The minimum Gasteiger partial charge on any atom is -0.388 e. The van der Waals surface area contributed by atoms with Gasteiger partial charge in [0.1, 0.15) is 5.56 Å². The number of nitrogens with one attached hydrogen (secondary N) is 2. The number of hydrogen-bond acceptors (Lipinski definition) is 4. The first-order valence-corrected chi connectivity index (χ1v) is 7.45. The number of aliphatic hydroxyl groups is 1. The monoisotopic (exact) mass is 335 g/mol. The molecule has 1 aromatic heterocycles. The van der Waals surface area contributed by atoms with Gasteiger partial charge in [-0.15, -0.1) is 0 Å². The average molecular weight is 336 g/mol. The van der Waals surface area contributed by atoms with Gasteiger partial charge in [0.15, 0.2) is 0 Å². The van der Waals surface area contributed by atoms with Crippen LogP contribution in [0.25, 0.3) is 11.3 Å². The molecule has 0 saturated heterocycles. The SMILES string of the molecule is CC(NC(=O)c1cc(-c2ccc(Cl)cc2)n[nH]c1=O)C(C)(C)O. The second-order valence-electron chi connectivity index (χ2n) is 5.85. The van der Waals surface area contributed by atoms with E-state index in [-0.39, 0.29) is 5.56 Å². The van der Waals surface area contributed by atoms with Gasteiger partial charge in [0.25, 0.3) is 11.5 Å². The topological polar surface area (TPSA) is 95.1 Å². The quantitative estimate of drug-likeness (QED) is 0.796. The Morgan fingerprint density at radius 3 is 2.52 bits per heavy atom. The summed E-state index contributed by atoms with van der Waals surface area (Å²) in [7, 11) is 0. The number of nitrogens with zero attached hydrogens (tertiary/aromatic N) is 1. The van der Waals surface area contributed by atoms with E-state index in [2.05, 4.69) is 15.5 Å². The first-order valence-electron chi connectivity index (χ1n) is 7.07. The number of aromatic amines is 1. The number of carbonyl (C=O) groups is 1. The lowest BCUT2D eigenvalue weighted by Crippen LogP contribution is -2.48. The highest BCUT2D eigenvalue weighted by Gasteiger charge is 2.25. The molecule has 1 heterocycles. The third-order valence-electron chi connectivity index (χ3n) is 3.60. The molecule has 1 amide bonds. The third-order valence-corrected chi connectivity index (χ3v) is 3.85. The molecule has 23 heavy (non-hydrogen) atoms. The smallest absolute Gasteiger partial charge is 0.277 e. The van der Waals surface area contributed by atoms with E-state index in [0.29, 0.717) is 10.7 Å². The van der Waals surface area contributed by atoms with Crippen LogP contribution in [0.2, 0.25) is 5.02 Å². The van der Waals surface area contributed by atoms with Crippen LogP contribution in [0, 0.1) is 0 Å². The van der Waals surface area contributed by atoms with E-state index >= 15 is 0 Å². The molecule has 0 aliphatic heterocycles. The van der Waals surface area contributed by atoms with E-state index in [4.69, 9.17) is 11.6 Å². The van der Waals surface area contributed by atoms with E-state index in [1.165, 1.54) is 6.07 Å². The predicted molar refractivity (Wildman–Crippen MR) is 88.5 cm³/mol. The molecular formula is C16H18ClN3O3. The number of halogens is 1. The van der Waals surface area contributed by atoms with E-state index in [1.54, 1.807) is 45.0 Å². The van der Waals surface area contributed by atoms with Crippen LogP contribution in [0.4, 0.5) is 0 Å². The highest BCUT2D eigenvalue weighted by atomic mass is 35.5. The van der Waals surface area contributed by atoms with Crippen LogP contribution in [0.15, 0.2) is 35.1 Å². The molecule has 122 valence electrons. The molecule has 1 aromatic carbocycles. The Hall–Kier alpha value is -2.18. The Balaban J connectivity index is 2.32. The Kier molecular flexibility index (Phi) is 4.87. The summed E-state index contributed by atoms with van der Waals surface area (Å²) in [5.41, 5.74) is -0.601. The van der Waals surface area contributed by atoms with Crippen molar-refractivity contribution in [1.82, 2.24) is 15.5 Å². The van der Waals surface area contributed by atoms with Crippen molar-refractivity contribution in [2.45, 2.75) is 32.4 Å². The largest absolute Gasteiger partial charge is 0.388 e. The molecule has 6 nitrogen and oxygen atoms in total. The fourth-order valence-corrected chi connectivity index (χ4v) is 1.92. The van der Waals surface area contributed by atoms with Crippen molar-refractivity contribution in [2.75, 3.05) is 0 Å². The van der Waals surface area contributed by atoms with Gasteiger partial charge >= 0.3 is 0 Å². The minimum absolute atomic E-state index is 0.0685. The zero-order valence-electron chi connectivity index (χ0n) is 13.1. The zero-order chi connectivity index (χ0) is 17.2. The zero-order valence-corrected chi connectivity index (χ0v) is 13.8. The summed E-state index contributed by atoms with van der Waals surface area (Å²) in [6.45, 7) is 4.81. The van der Waals surface area contributed by atoms with Crippen molar-refractivity contribution in [2.24, 2.45) is 0 Å². The van der Waals surface area contributed by atoms with Crippen LogP contribution < -0.4 is 10.9 Å². The van der Waals surface area contributed by atoms with Gasteiger partial charge in [0.05, 0.1) is 17.3 Å². The van der Waals surface area contributed by atoms with Gasteiger partial charge in [-0.05, 0) is 39.0 Å². The van der Waals surface area contributed by atoms with E-state index in [9.17, 15) is 14.7 Å². The Morgan fingerprint density at radius 2 is 1.96 bits per heavy atom. The number of hydrogen-bond donors (Lipinski definition) is 3. The van der Waals surface area contributed by atoms with Gasteiger partial charge in [-0.1, -0.05) is 23.7 Å². The number of aromatic nitrogens is 2. The van der Waals surface area contributed by atoms with Gasteiger partial charge in [-0.2, -0.15) is 5.10 Å². The molecule has 0 spiro atoms. The van der Waals surface area contributed by atoms with Crippen molar-refractivity contribution in [3.8, 4) is 11.3 Å². The lowest BCUT2D eigenvalue weighted by Gasteiger charge is -2.26. The molecule has 7 heteroatoms. The maximum Gasteiger partial charge on any atom is 0.277 e. The van der Waals surface area contributed by atoms with Gasteiger partial charge in [-0.3, -0.25) is 9.59 Å². The maximum absolute atomic E-state index is 12.3. The van der Waals surface area contributed by atoms with Crippen LogP contribution in [0.3, 0.4) is 0 Å². The maximum atomic E-state index is 12.3. The molecule has 0 radical (unpaired) electrons. The van der Waals surface area contributed by atoms with E-state index in [1.807, 2.05) is 0 Å². The predicted octanol–water partition coefficient (Wildman–Crippen LogP) is 1.98. The molecule has 0 aliphatic carbocycles. The molecule has 3 N–H and O–H groups in total. The number of carbonyl (C=O) groups excluding carboxylic acids is 1. The molecule has 2 aromatic rings. The average Bonchev–Trinajstić information content (AvgIpc) is 2.47. The summed E-state index contributed by atoms with van der Waals surface area (Å²) in [5.74, 6) is -0.571. The minimum atomic E-state index is -1.10. The first kappa shape index (κ1) is 17.2. The third kappa shape index (κ3) is 4.18. The second-order valence-corrected chi connectivity index (χ2v) is 6.29. The molecule has 1 atom stereocenters. The molecule has 0 bridgehead atoms. The van der Waals surface area contributed by atoms with Crippen LogP contribution in [0.1, 0.15) is 31.1 Å². The van der Waals surface area contributed by atoms with Gasteiger partial charge < -0.3 is 10.4 Å². The van der Waals surface area contributed by atoms with Crippen LogP contribution in [-0.4, -0.2) is 32.9 Å². The van der Waals surface area contributed by atoms with E-state index in [0.717, 1.165) is 5.56 Å². The molecule has 0 saturated carbocycles. The summed E-state index contributed by atoms with van der Waals surface area (Å²) in [6, 6.07) is 7.75. The number of rotatable bonds is 4. The normalized spacial score (nSPS) is 12.7. The van der Waals surface area contributed by atoms with Gasteiger partial charge in [0, 0.05) is 10.6 Å². The summed E-state index contributed by atoms with van der Waals surface area (Å²) in [5, 5.41) is 19.3. The van der Waals surface area contributed by atoms with Crippen LogP contribution in [0.5, 0.6) is 0 Å². The van der Waals surface area contributed by atoms with Crippen LogP contribution in [-0.2, 0) is 0 Å². The van der Waals surface area contributed by atoms with Crippen molar-refractivity contribution in [3.05, 3.63) is 51.3 Å². The Labute approximate surface area is 138 Å². The standard InChI is InChI=1S/C16H18ClN3O3/c1-9(16(2,3)23)18-14(21)12-8-13(19-20-15(12)22)10-4-6-11(17)7-5-10/h4-9,23H,1-3H3,(H,18,21)(H,20,22). The number of H-pyrrole nitrogens is 1. The van der Waals surface area contributed by atoms with Crippen LogP contribution >= 0.6 is 11.6 Å².